The zero-order valence-corrected chi connectivity index (χ0v) is 41.0. The Morgan fingerprint density at radius 2 is 1.11 bits per heavy atom. The Labute approximate surface area is 384 Å². The van der Waals surface area contributed by atoms with Crippen LogP contribution in [-0.2, 0) is 37.4 Å². The fraction of sp³-hybridized carbons (Fsp3) is 0.843. The average Bonchev–Trinajstić information content (AvgIpc) is 4.03. The second-order valence-electron chi connectivity index (χ2n) is 17.8. The number of hydrogen-bond acceptors (Lipinski definition) is 10. The Hall–Kier alpha value is -1.85. The SMILES string of the molecule is CCCCC/C=C\C/C=C\CC1OC1C/C=C\CCCC(=O)OC[C@H](COP(=O)(O)OC[C@@H](O)CO)OC(=O)CCCCCCCCCCCCCCCCCCCCC(C)CC. The first-order valence-corrected chi connectivity index (χ1v) is 27.0. The molecule has 0 aromatic heterocycles. The van der Waals surface area contributed by atoms with Crippen molar-refractivity contribution in [3.63, 3.8) is 0 Å². The Balaban J connectivity index is 2.21. The molecule has 0 aromatic rings. The fourth-order valence-corrected chi connectivity index (χ4v) is 8.09. The number of aliphatic hydroxyl groups excluding tert-OH is 2. The minimum Gasteiger partial charge on any atom is -0.462 e. The molecule has 1 fully saturated rings. The predicted molar refractivity (Wildman–Crippen MR) is 255 cm³/mol. The van der Waals surface area contributed by atoms with Gasteiger partial charge in [-0.05, 0) is 57.3 Å². The van der Waals surface area contributed by atoms with E-state index in [9.17, 15) is 24.2 Å². The van der Waals surface area contributed by atoms with Crippen molar-refractivity contribution in [2.24, 2.45) is 5.92 Å². The molecule has 11 nitrogen and oxygen atoms in total. The molecular weight excluding hydrogens is 820 g/mol. The van der Waals surface area contributed by atoms with Crippen LogP contribution in [0, 0.1) is 5.92 Å². The van der Waals surface area contributed by atoms with Gasteiger partial charge in [0.05, 0.1) is 32.0 Å². The van der Waals surface area contributed by atoms with E-state index in [1.165, 1.54) is 122 Å². The van der Waals surface area contributed by atoms with Crippen molar-refractivity contribution in [3.8, 4) is 0 Å². The zero-order chi connectivity index (χ0) is 46.1. The predicted octanol–water partition coefficient (Wildman–Crippen LogP) is 13.1. The Morgan fingerprint density at radius 3 is 1.68 bits per heavy atom. The number of hydrogen-bond donors (Lipinski definition) is 3. The van der Waals surface area contributed by atoms with Crippen LogP contribution < -0.4 is 0 Å². The molecule has 1 aliphatic rings. The van der Waals surface area contributed by atoms with Gasteiger partial charge in [-0.3, -0.25) is 18.6 Å². The van der Waals surface area contributed by atoms with E-state index >= 15 is 0 Å². The van der Waals surface area contributed by atoms with E-state index in [0.717, 1.165) is 50.9 Å². The first-order valence-electron chi connectivity index (χ1n) is 25.5. The van der Waals surface area contributed by atoms with E-state index in [1.54, 1.807) is 0 Å². The van der Waals surface area contributed by atoms with Gasteiger partial charge in [-0.15, -0.1) is 0 Å². The van der Waals surface area contributed by atoms with Crippen LogP contribution >= 0.6 is 7.82 Å². The van der Waals surface area contributed by atoms with Crippen LogP contribution in [0.5, 0.6) is 0 Å². The largest absolute Gasteiger partial charge is 0.472 e. The van der Waals surface area contributed by atoms with Crippen molar-refractivity contribution in [2.75, 3.05) is 26.4 Å². The molecule has 3 N–H and O–H groups in total. The van der Waals surface area contributed by atoms with Gasteiger partial charge in [0, 0.05) is 12.8 Å². The van der Waals surface area contributed by atoms with Gasteiger partial charge >= 0.3 is 19.8 Å². The maximum absolute atomic E-state index is 12.7. The van der Waals surface area contributed by atoms with Crippen molar-refractivity contribution < 1.29 is 52.5 Å². The van der Waals surface area contributed by atoms with Crippen molar-refractivity contribution >= 4 is 19.8 Å². The fourth-order valence-electron chi connectivity index (χ4n) is 7.30. The summed E-state index contributed by atoms with van der Waals surface area (Å²) in [5.74, 6) is -0.100. The molecule has 0 amide bonds. The highest BCUT2D eigenvalue weighted by atomic mass is 31.2. The number of unbranched alkanes of at least 4 members (excludes halogenated alkanes) is 21. The van der Waals surface area contributed by atoms with Crippen LogP contribution in [0.15, 0.2) is 36.5 Å². The monoisotopic (exact) mass is 913 g/mol. The lowest BCUT2D eigenvalue weighted by Crippen LogP contribution is -2.29. The number of allylic oxidation sites excluding steroid dienone is 4. The molecule has 0 radical (unpaired) electrons. The summed E-state index contributed by atoms with van der Waals surface area (Å²) in [7, 11) is -4.64. The van der Waals surface area contributed by atoms with Gasteiger partial charge in [0.15, 0.2) is 6.10 Å². The summed E-state index contributed by atoms with van der Waals surface area (Å²) in [6.07, 6.45) is 45.7. The molecule has 1 aliphatic heterocycles. The van der Waals surface area contributed by atoms with E-state index < -0.39 is 51.8 Å². The number of carbonyl (C=O) groups excluding carboxylic acids is 2. The molecule has 368 valence electrons. The Morgan fingerprint density at radius 1 is 0.619 bits per heavy atom. The summed E-state index contributed by atoms with van der Waals surface area (Å²) in [5.41, 5.74) is 0. The minimum atomic E-state index is -4.64. The van der Waals surface area contributed by atoms with Gasteiger partial charge in [-0.2, -0.15) is 0 Å². The molecule has 12 heteroatoms. The lowest BCUT2D eigenvalue weighted by Gasteiger charge is -2.20. The number of ether oxygens (including phenoxy) is 3. The van der Waals surface area contributed by atoms with Crippen LogP contribution in [0.1, 0.15) is 220 Å². The van der Waals surface area contributed by atoms with Crippen molar-refractivity contribution in [2.45, 2.75) is 244 Å². The summed E-state index contributed by atoms with van der Waals surface area (Å²) < 4.78 is 38.6. The highest BCUT2D eigenvalue weighted by molar-refractivity contribution is 7.47. The van der Waals surface area contributed by atoms with Gasteiger partial charge in [0.25, 0.3) is 0 Å². The third-order valence-corrected chi connectivity index (χ3v) is 12.7. The molecule has 0 spiro atoms. The topological polar surface area (TPSA) is 161 Å². The van der Waals surface area contributed by atoms with Crippen LogP contribution in [0.2, 0.25) is 0 Å². The number of esters is 2. The number of rotatable bonds is 46. The van der Waals surface area contributed by atoms with Gasteiger partial charge in [-0.25, -0.2) is 4.57 Å². The molecule has 0 aromatic carbocycles. The normalized spacial score (nSPS) is 17.7. The smallest absolute Gasteiger partial charge is 0.462 e. The molecule has 0 aliphatic carbocycles. The summed E-state index contributed by atoms with van der Waals surface area (Å²) in [4.78, 5) is 35.2. The van der Waals surface area contributed by atoms with E-state index in [2.05, 4.69) is 51.2 Å². The highest BCUT2D eigenvalue weighted by Crippen LogP contribution is 2.43. The van der Waals surface area contributed by atoms with E-state index in [-0.39, 0.29) is 31.7 Å². The second-order valence-corrected chi connectivity index (χ2v) is 19.3. The summed E-state index contributed by atoms with van der Waals surface area (Å²) in [6, 6.07) is 0. The zero-order valence-electron chi connectivity index (χ0n) is 40.2. The maximum atomic E-state index is 12.7. The molecule has 1 heterocycles. The maximum Gasteiger partial charge on any atom is 0.472 e. The van der Waals surface area contributed by atoms with E-state index in [4.69, 9.17) is 28.4 Å². The third kappa shape index (κ3) is 39.1. The van der Waals surface area contributed by atoms with E-state index in [1.807, 2.05) is 6.08 Å². The van der Waals surface area contributed by atoms with Crippen molar-refractivity contribution in [1.82, 2.24) is 0 Å². The van der Waals surface area contributed by atoms with Gasteiger partial charge in [0.2, 0.25) is 0 Å². The molecule has 0 saturated carbocycles. The van der Waals surface area contributed by atoms with Gasteiger partial charge in [-0.1, -0.05) is 192 Å². The number of epoxide rings is 1. The van der Waals surface area contributed by atoms with Gasteiger partial charge in [0.1, 0.15) is 12.7 Å². The van der Waals surface area contributed by atoms with Crippen LogP contribution in [-0.4, -0.2) is 77.9 Å². The molecule has 0 bridgehead atoms. The van der Waals surface area contributed by atoms with E-state index in [0.29, 0.717) is 19.3 Å². The number of aliphatic hydroxyl groups is 2. The number of phosphoric acid groups is 1. The average molecular weight is 913 g/mol. The minimum absolute atomic E-state index is 0.159. The summed E-state index contributed by atoms with van der Waals surface area (Å²) in [5, 5.41) is 18.4. The molecule has 6 atom stereocenters. The number of carbonyl (C=O) groups is 2. The van der Waals surface area contributed by atoms with Crippen molar-refractivity contribution in [3.05, 3.63) is 36.5 Å². The molecule has 1 saturated heterocycles. The van der Waals surface area contributed by atoms with Crippen LogP contribution in [0.4, 0.5) is 0 Å². The molecular formula is C51H93O11P. The lowest BCUT2D eigenvalue weighted by atomic mass is 9.99. The third-order valence-electron chi connectivity index (χ3n) is 11.7. The van der Waals surface area contributed by atoms with Crippen LogP contribution in [0.3, 0.4) is 0 Å². The highest BCUT2D eigenvalue weighted by Gasteiger charge is 2.36. The van der Waals surface area contributed by atoms with Crippen molar-refractivity contribution in [1.29, 1.82) is 0 Å². The van der Waals surface area contributed by atoms with Gasteiger partial charge < -0.3 is 29.3 Å². The number of phosphoric ester groups is 1. The molecule has 4 unspecified atom stereocenters. The first kappa shape index (κ1) is 59.2. The second kappa shape index (κ2) is 41.6. The Bertz CT molecular complexity index is 1220. The standard InChI is InChI=1S/C51H93O11P/c1-4-6-7-8-9-20-24-27-32-37-48-49(62-48)38-33-29-30-34-39-50(54)58-43-47(44-60-63(56,57)59-42-46(53)41-52)61-51(55)40-35-28-25-22-19-17-15-13-11-10-12-14-16-18-21-23-26-31-36-45(3)5-2/h9,20,27,29,32-33,45-49,52-53H,4-8,10-19,21-26,28,30-31,34-44H2,1-3H3,(H,56,57)/b20-9-,32-27-,33-29-/t45?,46-,47+,48?,49?/m0/s1. The van der Waals surface area contributed by atoms with Crippen LogP contribution in [0.25, 0.3) is 0 Å². The molecule has 1 rings (SSSR count). The quantitative estimate of drug-likeness (QED) is 0.0175. The molecule has 63 heavy (non-hydrogen) atoms. The first-order chi connectivity index (χ1) is 30.6. The summed E-state index contributed by atoms with van der Waals surface area (Å²) in [6.45, 7) is 4.69. The summed E-state index contributed by atoms with van der Waals surface area (Å²) >= 11 is 0. The lowest BCUT2D eigenvalue weighted by molar-refractivity contribution is -0.161. The Kier molecular flexibility index (Phi) is 39.0.